The van der Waals surface area contributed by atoms with Crippen molar-refractivity contribution >= 4 is 80.4 Å². The summed E-state index contributed by atoms with van der Waals surface area (Å²) in [5.74, 6) is -0.113. The molecule has 7 nitrogen and oxygen atoms in total. The maximum atomic E-state index is 12.0. The summed E-state index contributed by atoms with van der Waals surface area (Å²) in [6.07, 6.45) is 7.05. The number of hydrogen-bond donors (Lipinski definition) is 4. The van der Waals surface area contributed by atoms with E-state index in [1.54, 1.807) is 0 Å². The summed E-state index contributed by atoms with van der Waals surface area (Å²) in [4.78, 5) is 17.2. The van der Waals surface area contributed by atoms with Crippen LogP contribution in [0, 0.1) is 6.92 Å². The van der Waals surface area contributed by atoms with Gasteiger partial charge in [0.25, 0.3) is 0 Å². The van der Waals surface area contributed by atoms with Gasteiger partial charge >= 0.3 is 0 Å². The van der Waals surface area contributed by atoms with Crippen LogP contribution in [0.1, 0.15) is 48.7 Å². The Morgan fingerprint density at radius 3 is 2.66 bits per heavy atom. The van der Waals surface area contributed by atoms with E-state index in [4.69, 9.17) is 41.8 Å². The van der Waals surface area contributed by atoms with E-state index in [2.05, 4.69) is 33.1 Å². The van der Waals surface area contributed by atoms with Crippen LogP contribution < -0.4 is 21.8 Å². The number of carbonyl (C=O) groups excluding carboxylic acids is 1. The number of nitrogens with one attached hydrogen (secondary N) is 3. The molecule has 2 rings (SSSR count). The van der Waals surface area contributed by atoms with Crippen molar-refractivity contribution in [1.29, 1.82) is 0 Å². The highest BCUT2D eigenvalue weighted by molar-refractivity contribution is 7.80. The summed E-state index contributed by atoms with van der Waals surface area (Å²) in [5.41, 5.74) is 10.4. The van der Waals surface area contributed by atoms with Crippen molar-refractivity contribution in [2.45, 2.75) is 39.5 Å². The minimum absolute atomic E-state index is 0.0508. The molecule has 1 heterocycles. The largest absolute Gasteiger partial charge is 0.375 e. The number of hydrogen-bond acceptors (Lipinski definition) is 6. The van der Waals surface area contributed by atoms with Crippen molar-refractivity contribution in [3.63, 3.8) is 0 Å². The molecule has 32 heavy (non-hydrogen) atoms. The highest BCUT2D eigenvalue weighted by Gasteiger charge is 2.14. The van der Waals surface area contributed by atoms with Crippen molar-refractivity contribution in [2.75, 3.05) is 5.32 Å². The zero-order chi connectivity index (χ0) is 23.5. The lowest BCUT2D eigenvalue weighted by molar-refractivity contribution is -0.119. The monoisotopic (exact) mass is 508 g/mol. The fraction of sp³-hybridized carbons (Fsp3) is 0.286. The first-order valence-electron chi connectivity index (χ1n) is 9.94. The maximum absolute atomic E-state index is 12.0. The minimum atomic E-state index is -0.113. The molecule has 170 valence electrons. The van der Waals surface area contributed by atoms with Crippen molar-refractivity contribution in [1.82, 2.24) is 15.7 Å². The van der Waals surface area contributed by atoms with Gasteiger partial charge in [0.15, 0.2) is 15.4 Å². The van der Waals surface area contributed by atoms with Crippen LogP contribution in [0.15, 0.2) is 35.4 Å². The van der Waals surface area contributed by atoms with E-state index in [-0.39, 0.29) is 16.1 Å². The molecule has 11 heteroatoms. The fourth-order valence-corrected chi connectivity index (χ4v) is 3.96. The van der Waals surface area contributed by atoms with Crippen molar-refractivity contribution < 1.29 is 4.79 Å². The van der Waals surface area contributed by atoms with Gasteiger partial charge in [-0.25, -0.2) is 4.98 Å². The van der Waals surface area contributed by atoms with Gasteiger partial charge in [-0.05, 0) is 61.6 Å². The molecule has 1 aromatic heterocycles. The van der Waals surface area contributed by atoms with Crippen LogP contribution in [0.3, 0.4) is 0 Å². The molecule has 0 saturated carbocycles. The van der Waals surface area contributed by atoms with Gasteiger partial charge in [0, 0.05) is 11.4 Å². The third-order valence-electron chi connectivity index (χ3n) is 4.10. The Morgan fingerprint density at radius 1 is 1.28 bits per heavy atom. The molecule has 1 aromatic carbocycles. The van der Waals surface area contributed by atoms with E-state index in [1.807, 2.05) is 43.3 Å². The standard InChI is InChI=1S/C21H25ClN6OS3/c1-3-4-5-6-17(29)25-20(31)26-21-24-13(2)18(32-21)16(27-28-19(23)30)12-9-14-7-10-15(22)11-8-14/h7-12H,3-6H2,1-2H3,(H3,23,28,30)(H2,24,25,26,29,31)/b12-9+,27-16-. The first-order valence-corrected chi connectivity index (χ1v) is 11.9. The van der Waals surface area contributed by atoms with Crippen LogP contribution in [-0.4, -0.2) is 26.8 Å². The number of aryl methyl sites for hydroxylation is 1. The number of benzene rings is 1. The molecule has 2 aromatic rings. The lowest BCUT2D eigenvalue weighted by Crippen LogP contribution is -2.33. The second-order valence-corrected chi connectivity index (χ2v) is 9.03. The summed E-state index contributed by atoms with van der Waals surface area (Å²) in [5, 5.41) is 11.4. The third kappa shape index (κ3) is 8.99. The summed E-state index contributed by atoms with van der Waals surface area (Å²) < 4.78 is 0. The van der Waals surface area contributed by atoms with Crippen molar-refractivity contribution in [2.24, 2.45) is 10.8 Å². The van der Waals surface area contributed by atoms with Crippen molar-refractivity contribution in [3.8, 4) is 0 Å². The van der Waals surface area contributed by atoms with Gasteiger partial charge in [0.2, 0.25) is 5.91 Å². The number of anilines is 1. The number of thiazole rings is 1. The quantitative estimate of drug-likeness (QED) is 0.168. The number of unbranched alkanes of at least 4 members (excludes halogenated alkanes) is 2. The van der Waals surface area contributed by atoms with E-state index < -0.39 is 0 Å². The van der Waals surface area contributed by atoms with Gasteiger partial charge < -0.3 is 16.4 Å². The molecule has 0 aliphatic rings. The number of aromatic nitrogens is 1. The Balaban J connectivity index is 2.14. The SMILES string of the molecule is CCCCCC(=O)NC(=S)Nc1nc(C)c(C(/C=C/c2ccc(Cl)cc2)=N\NC(N)=S)s1. The molecule has 0 unspecified atom stereocenters. The van der Waals surface area contributed by atoms with Gasteiger partial charge in [-0.3, -0.25) is 10.2 Å². The van der Waals surface area contributed by atoms with Crippen LogP contribution >= 0.6 is 47.4 Å². The van der Waals surface area contributed by atoms with E-state index in [9.17, 15) is 4.79 Å². The van der Waals surface area contributed by atoms with Gasteiger partial charge in [-0.15, -0.1) is 0 Å². The number of rotatable bonds is 9. The normalized spacial score (nSPS) is 11.4. The zero-order valence-corrected chi connectivity index (χ0v) is 21.0. The first kappa shape index (κ1) is 25.9. The minimum Gasteiger partial charge on any atom is -0.375 e. The molecule has 0 aliphatic heterocycles. The highest BCUT2D eigenvalue weighted by Crippen LogP contribution is 2.24. The first-order chi connectivity index (χ1) is 15.3. The number of carbonyl (C=O) groups is 1. The van der Waals surface area contributed by atoms with E-state index in [0.717, 1.165) is 35.4 Å². The van der Waals surface area contributed by atoms with Crippen LogP contribution in [0.5, 0.6) is 0 Å². The predicted octanol–water partition coefficient (Wildman–Crippen LogP) is 4.75. The third-order valence-corrected chi connectivity index (χ3v) is 5.74. The Hall–Kier alpha value is -2.40. The number of thiocarbonyl (C=S) groups is 2. The number of hydrazone groups is 1. The number of allylic oxidation sites excluding steroid dienone is 1. The van der Waals surface area contributed by atoms with E-state index >= 15 is 0 Å². The number of amides is 1. The van der Waals surface area contributed by atoms with Gasteiger partial charge in [0.1, 0.15) is 5.71 Å². The molecule has 0 fully saturated rings. The summed E-state index contributed by atoms with van der Waals surface area (Å²) in [7, 11) is 0. The van der Waals surface area contributed by atoms with Gasteiger partial charge in [-0.1, -0.05) is 60.9 Å². The average Bonchev–Trinajstić information content (AvgIpc) is 3.08. The maximum Gasteiger partial charge on any atom is 0.226 e. The molecule has 5 N–H and O–H groups in total. The van der Waals surface area contributed by atoms with Crippen molar-refractivity contribution in [3.05, 3.63) is 51.5 Å². The smallest absolute Gasteiger partial charge is 0.226 e. The molecule has 0 aliphatic carbocycles. The van der Waals surface area contributed by atoms with Crippen LogP contribution in [-0.2, 0) is 4.79 Å². The van der Waals surface area contributed by atoms with Crippen LogP contribution in [0.4, 0.5) is 5.13 Å². The number of nitrogens with zero attached hydrogens (tertiary/aromatic N) is 2. The average molecular weight is 509 g/mol. The second kappa shape index (κ2) is 13.2. The Kier molecular flexibility index (Phi) is 10.7. The Bertz CT molecular complexity index is 1020. The summed E-state index contributed by atoms with van der Waals surface area (Å²) in [6.45, 7) is 3.95. The Morgan fingerprint density at radius 2 is 2.00 bits per heavy atom. The van der Waals surface area contributed by atoms with E-state index in [0.29, 0.717) is 22.3 Å². The molecular weight excluding hydrogens is 484 g/mol. The predicted molar refractivity (Wildman–Crippen MR) is 142 cm³/mol. The lowest BCUT2D eigenvalue weighted by atomic mass is 10.1. The lowest BCUT2D eigenvalue weighted by Gasteiger charge is -2.06. The molecule has 0 radical (unpaired) electrons. The van der Waals surface area contributed by atoms with Gasteiger partial charge in [-0.2, -0.15) is 5.10 Å². The molecular formula is C21H25ClN6OS3. The number of halogens is 1. The second-order valence-electron chi connectivity index (χ2n) is 6.75. The fourth-order valence-electron chi connectivity index (χ4n) is 2.57. The summed E-state index contributed by atoms with van der Waals surface area (Å²) in [6, 6.07) is 7.41. The number of nitrogens with two attached hydrogens (primary N) is 1. The Labute approximate surface area is 207 Å². The molecule has 1 amide bonds. The van der Waals surface area contributed by atoms with Crippen LogP contribution in [0.2, 0.25) is 5.02 Å². The molecule has 0 saturated heterocycles. The van der Waals surface area contributed by atoms with E-state index in [1.165, 1.54) is 11.3 Å². The molecule has 0 spiro atoms. The zero-order valence-electron chi connectivity index (χ0n) is 17.8. The topological polar surface area (TPSA) is 104 Å². The molecule has 0 atom stereocenters. The van der Waals surface area contributed by atoms with Gasteiger partial charge in [0.05, 0.1) is 10.6 Å². The highest BCUT2D eigenvalue weighted by atomic mass is 35.5. The molecule has 0 bridgehead atoms. The summed E-state index contributed by atoms with van der Waals surface area (Å²) >= 11 is 17.4. The van der Waals surface area contributed by atoms with Crippen LogP contribution in [0.25, 0.3) is 6.08 Å².